The number of aryl methyl sites for hydroxylation is 1. The molecule has 1 saturated heterocycles. The molecule has 0 aliphatic carbocycles. The molecule has 1 amide bonds. The molecule has 4 nitrogen and oxygen atoms in total. The van der Waals surface area contributed by atoms with Crippen LogP contribution < -0.4 is 5.32 Å². The van der Waals surface area contributed by atoms with Gasteiger partial charge in [-0.05, 0) is 25.2 Å². The van der Waals surface area contributed by atoms with Gasteiger partial charge in [0.15, 0.2) is 5.76 Å². The molecule has 0 unspecified atom stereocenters. The molecule has 3 aromatic rings. The second-order valence-corrected chi connectivity index (χ2v) is 6.06. The highest BCUT2D eigenvalue weighted by molar-refractivity contribution is 6.08. The van der Waals surface area contributed by atoms with E-state index in [0.29, 0.717) is 12.3 Å². The van der Waals surface area contributed by atoms with E-state index in [-0.39, 0.29) is 12.0 Å². The van der Waals surface area contributed by atoms with Crippen molar-refractivity contribution in [2.24, 2.45) is 0 Å². The molecule has 1 fully saturated rings. The summed E-state index contributed by atoms with van der Waals surface area (Å²) in [7, 11) is 0. The third-order valence-corrected chi connectivity index (χ3v) is 4.55. The van der Waals surface area contributed by atoms with Gasteiger partial charge in [-0.3, -0.25) is 4.79 Å². The first-order chi connectivity index (χ1) is 11.2. The van der Waals surface area contributed by atoms with Crippen molar-refractivity contribution in [3.63, 3.8) is 0 Å². The molecule has 1 aliphatic rings. The number of carbonyl (C=O) groups excluding carboxylic acids is 1. The van der Waals surface area contributed by atoms with Crippen LogP contribution in [-0.2, 0) is 4.74 Å². The number of hydrogen-bond donors (Lipinski definition) is 1. The zero-order chi connectivity index (χ0) is 15.8. The van der Waals surface area contributed by atoms with Gasteiger partial charge in [-0.15, -0.1) is 0 Å². The number of carbonyl (C=O) groups is 1. The van der Waals surface area contributed by atoms with E-state index in [1.54, 1.807) is 0 Å². The van der Waals surface area contributed by atoms with Gasteiger partial charge in [-0.2, -0.15) is 0 Å². The Morgan fingerprint density at radius 1 is 1.22 bits per heavy atom. The van der Waals surface area contributed by atoms with Crippen molar-refractivity contribution in [2.75, 3.05) is 13.2 Å². The summed E-state index contributed by atoms with van der Waals surface area (Å²) < 4.78 is 11.5. The third kappa shape index (κ3) is 2.49. The second kappa shape index (κ2) is 5.70. The van der Waals surface area contributed by atoms with E-state index >= 15 is 0 Å². The fourth-order valence-corrected chi connectivity index (χ4v) is 3.26. The maximum absolute atomic E-state index is 12.5. The second-order valence-electron chi connectivity index (χ2n) is 6.06. The summed E-state index contributed by atoms with van der Waals surface area (Å²) in [6.07, 6.45) is 2.20. The van der Waals surface area contributed by atoms with Crippen molar-refractivity contribution in [1.29, 1.82) is 0 Å². The first kappa shape index (κ1) is 14.3. The molecule has 2 aromatic carbocycles. The quantitative estimate of drug-likeness (QED) is 0.800. The summed E-state index contributed by atoms with van der Waals surface area (Å²) >= 11 is 0. The van der Waals surface area contributed by atoms with Crippen LogP contribution in [0.1, 0.15) is 29.0 Å². The maximum Gasteiger partial charge on any atom is 0.287 e. The van der Waals surface area contributed by atoms with E-state index in [1.807, 2.05) is 37.3 Å². The number of benzene rings is 2. The molecule has 0 radical (unpaired) electrons. The highest BCUT2D eigenvalue weighted by atomic mass is 16.5. The van der Waals surface area contributed by atoms with Crippen molar-refractivity contribution < 1.29 is 13.9 Å². The fourth-order valence-electron chi connectivity index (χ4n) is 3.26. The summed E-state index contributed by atoms with van der Waals surface area (Å²) in [5, 5.41) is 6.07. The summed E-state index contributed by atoms with van der Waals surface area (Å²) in [6, 6.07) is 12.1. The van der Waals surface area contributed by atoms with Gasteiger partial charge in [-0.1, -0.05) is 36.4 Å². The first-order valence-electron chi connectivity index (χ1n) is 8.04. The van der Waals surface area contributed by atoms with E-state index in [1.165, 1.54) is 0 Å². The van der Waals surface area contributed by atoms with Gasteiger partial charge in [0.2, 0.25) is 0 Å². The van der Waals surface area contributed by atoms with Gasteiger partial charge in [0.05, 0.1) is 6.10 Å². The van der Waals surface area contributed by atoms with E-state index in [9.17, 15) is 4.79 Å². The van der Waals surface area contributed by atoms with Gasteiger partial charge in [0.25, 0.3) is 5.91 Å². The summed E-state index contributed by atoms with van der Waals surface area (Å²) in [5.41, 5.74) is 1.67. The van der Waals surface area contributed by atoms with Crippen LogP contribution in [0.3, 0.4) is 0 Å². The molecule has 0 bridgehead atoms. The fraction of sp³-hybridized carbons (Fsp3) is 0.316. The number of nitrogens with one attached hydrogen (secondary N) is 1. The molecule has 1 atom stereocenters. The molecule has 118 valence electrons. The monoisotopic (exact) mass is 309 g/mol. The molecule has 0 saturated carbocycles. The van der Waals surface area contributed by atoms with Gasteiger partial charge < -0.3 is 14.5 Å². The molecular formula is C19H19NO3. The summed E-state index contributed by atoms with van der Waals surface area (Å²) in [4.78, 5) is 12.5. The summed E-state index contributed by atoms with van der Waals surface area (Å²) in [6.45, 7) is 3.26. The van der Waals surface area contributed by atoms with E-state index in [2.05, 4.69) is 11.4 Å². The molecule has 1 aliphatic heterocycles. The topological polar surface area (TPSA) is 51.5 Å². The van der Waals surface area contributed by atoms with E-state index in [4.69, 9.17) is 9.15 Å². The van der Waals surface area contributed by atoms with Gasteiger partial charge in [-0.25, -0.2) is 0 Å². The van der Waals surface area contributed by atoms with Crippen LogP contribution in [-0.4, -0.2) is 25.2 Å². The maximum atomic E-state index is 12.5. The highest BCUT2D eigenvalue weighted by Gasteiger charge is 2.21. The Balaban J connectivity index is 1.68. The summed E-state index contributed by atoms with van der Waals surface area (Å²) in [5.74, 6) is 0.229. The Morgan fingerprint density at radius 2 is 2.09 bits per heavy atom. The lowest BCUT2D eigenvalue weighted by Gasteiger charge is -2.09. The Bertz CT molecular complexity index is 875. The Labute approximate surface area is 134 Å². The number of furan rings is 1. The normalized spacial score (nSPS) is 17.9. The number of ether oxygens (including phenoxy) is 1. The van der Waals surface area contributed by atoms with Crippen LogP contribution in [0, 0.1) is 6.92 Å². The predicted octanol–water partition coefficient (Wildman–Crippen LogP) is 3.80. The average Bonchev–Trinajstić information content (AvgIpc) is 3.21. The van der Waals surface area contributed by atoms with Crippen molar-refractivity contribution >= 4 is 27.6 Å². The molecule has 2 heterocycles. The van der Waals surface area contributed by atoms with Crippen LogP contribution in [0.2, 0.25) is 0 Å². The highest BCUT2D eigenvalue weighted by Crippen LogP contribution is 2.31. The van der Waals surface area contributed by atoms with Crippen LogP contribution in [0.15, 0.2) is 40.8 Å². The predicted molar refractivity (Wildman–Crippen MR) is 89.8 cm³/mol. The van der Waals surface area contributed by atoms with Crippen molar-refractivity contribution in [3.8, 4) is 0 Å². The average molecular weight is 309 g/mol. The van der Waals surface area contributed by atoms with Gasteiger partial charge in [0, 0.05) is 29.5 Å². The molecule has 4 heteroatoms. The molecule has 23 heavy (non-hydrogen) atoms. The lowest BCUT2D eigenvalue weighted by atomic mass is 10.1. The van der Waals surface area contributed by atoms with E-state index < -0.39 is 0 Å². The minimum atomic E-state index is -0.168. The molecule has 1 aromatic heterocycles. The minimum absolute atomic E-state index is 0.129. The first-order valence-corrected chi connectivity index (χ1v) is 8.04. The van der Waals surface area contributed by atoms with Gasteiger partial charge >= 0.3 is 0 Å². The Morgan fingerprint density at radius 3 is 2.91 bits per heavy atom. The van der Waals surface area contributed by atoms with Crippen molar-refractivity contribution in [1.82, 2.24) is 5.32 Å². The van der Waals surface area contributed by atoms with Crippen LogP contribution >= 0.6 is 0 Å². The zero-order valence-electron chi connectivity index (χ0n) is 13.1. The largest absolute Gasteiger partial charge is 0.450 e. The lowest BCUT2D eigenvalue weighted by Crippen LogP contribution is -2.31. The number of fused-ring (bicyclic) bond motifs is 3. The lowest BCUT2D eigenvalue weighted by molar-refractivity contribution is 0.0836. The SMILES string of the molecule is Cc1c(C(=O)NC[C@H]2CCCO2)oc2c1ccc1ccccc12. The molecular weight excluding hydrogens is 290 g/mol. The standard InChI is InChI=1S/C19H19NO3/c1-12-15-9-8-13-5-2-3-7-16(13)18(15)23-17(12)19(21)20-11-14-6-4-10-22-14/h2-3,5,7-9,14H,4,6,10-11H2,1H3,(H,20,21)/t14-/m1/s1. The van der Waals surface area contributed by atoms with Crippen molar-refractivity contribution in [2.45, 2.75) is 25.9 Å². The number of amides is 1. The van der Waals surface area contributed by atoms with Crippen LogP contribution in [0.25, 0.3) is 21.7 Å². The Kier molecular flexibility index (Phi) is 3.54. The van der Waals surface area contributed by atoms with Gasteiger partial charge in [0.1, 0.15) is 5.58 Å². The van der Waals surface area contributed by atoms with Crippen LogP contribution in [0.4, 0.5) is 0 Å². The van der Waals surface area contributed by atoms with Crippen LogP contribution in [0.5, 0.6) is 0 Å². The molecule has 4 rings (SSSR count). The zero-order valence-corrected chi connectivity index (χ0v) is 13.1. The molecule has 0 spiro atoms. The van der Waals surface area contributed by atoms with E-state index in [0.717, 1.165) is 46.8 Å². The molecule has 1 N–H and O–H groups in total. The van der Waals surface area contributed by atoms with Crippen molar-refractivity contribution in [3.05, 3.63) is 47.7 Å². The number of hydrogen-bond acceptors (Lipinski definition) is 3. The number of rotatable bonds is 3. The third-order valence-electron chi connectivity index (χ3n) is 4.55. The smallest absolute Gasteiger partial charge is 0.287 e. The Hall–Kier alpha value is -2.33. The minimum Gasteiger partial charge on any atom is -0.450 e.